The summed E-state index contributed by atoms with van der Waals surface area (Å²) in [6.07, 6.45) is 6.61. The van der Waals surface area contributed by atoms with Gasteiger partial charge in [-0.1, -0.05) is 27.2 Å². The van der Waals surface area contributed by atoms with Crippen LogP contribution in [0.25, 0.3) is 0 Å². The minimum atomic E-state index is -0.575. The Morgan fingerprint density at radius 2 is 1.85 bits per heavy atom. The minimum Gasteiger partial charge on any atom is -0.435 e. The SMILES string of the molecule is CC(=O)OC1OC2OC(=O)[C@@H]3CCC4[C@@]5(C)CCCC(C)(C)C5CC[C@]14[C@H]23. The minimum absolute atomic E-state index is 0.0379. The van der Waals surface area contributed by atoms with Gasteiger partial charge in [-0.2, -0.15) is 0 Å². The standard InChI is InChI=1S/C22H32O5/c1-12(23)25-19-22-11-8-14-20(2,3)9-5-10-21(14,4)15(22)7-6-13-16(22)18(27-19)26-17(13)24/h13-16,18-19H,5-11H2,1-4H3/t13-,14?,15?,16+,18?,19?,21+,22+/m1/s1. The lowest BCUT2D eigenvalue weighted by molar-refractivity contribution is -0.251. The van der Waals surface area contributed by atoms with Crippen molar-refractivity contribution >= 4 is 11.9 Å². The Labute approximate surface area is 161 Å². The number of ether oxygens (including phenoxy) is 3. The predicted octanol–water partition coefficient (Wildman–Crippen LogP) is 4.04. The van der Waals surface area contributed by atoms with Crippen LogP contribution < -0.4 is 0 Å². The first kappa shape index (κ1) is 18.0. The van der Waals surface area contributed by atoms with Gasteiger partial charge in [0.25, 0.3) is 0 Å². The first-order chi connectivity index (χ1) is 12.7. The molecule has 0 bridgehead atoms. The first-order valence-electron chi connectivity index (χ1n) is 10.7. The normalized spacial score (nSPS) is 52.4. The lowest BCUT2D eigenvalue weighted by Gasteiger charge is -2.65. The second-order valence-electron chi connectivity index (χ2n) is 10.7. The van der Waals surface area contributed by atoms with Gasteiger partial charge in [0, 0.05) is 18.3 Å². The summed E-state index contributed by atoms with van der Waals surface area (Å²) < 4.78 is 17.5. The molecule has 2 aliphatic heterocycles. The third kappa shape index (κ3) is 2.15. The number of rotatable bonds is 1. The summed E-state index contributed by atoms with van der Waals surface area (Å²) in [5.74, 6) is 0.604. The number of esters is 2. The highest BCUT2D eigenvalue weighted by Gasteiger charge is 2.75. The van der Waals surface area contributed by atoms with Crippen molar-refractivity contribution in [3.63, 3.8) is 0 Å². The summed E-state index contributed by atoms with van der Waals surface area (Å²) in [6, 6.07) is 0. The molecule has 3 saturated carbocycles. The van der Waals surface area contributed by atoms with E-state index in [4.69, 9.17) is 14.2 Å². The Kier molecular flexibility index (Phi) is 3.65. The van der Waals surface area contributed by atoms with Gasteiger partial charge >= 0.3 is 11.9 Å². The summed E-state index contributed by atoms with van der Waals surface area (Å²) in [7, 11) is 0. The average Bonchev–Trinajstić information content (AvgIpc) is 3.04. The van der Waals surface area contributed by atoms with Crippen LogP contribution in [0.15, 0.2) is 0 Å². The predicted molar refractivity (Wildman–Crippen MR) is 97.1 cm³/mol. The zero-order valence-electron chi connectivity index (χ0n) is 17.0. The van der Waals surface area contributed by atoms with Crippen LogP contribution in [0.5, 0.6) is 0 Å². The first-order valence-corrected chi connectivity index (χ1v) is 10.7. The molecule has 3 aliphatic carbocycles. The van der Waals surface area contributed by atoms with Crippen molar-refractivity contribution in [1.82, 2.24) is 0 Å². The van der Waals surface area contributed by atoms with Gasteiger partial charge in [-0.05, 0) is 61.2 Å². The largest absolute Gasteiger partial charge is 0.435 e. The molecule has 0 N–H and O–H groups in total. The summed E-state index contributed by atoms with van der Waals surface area (Å²) in [4.78, 5) is 24.3. The molecule has 2 heterocycles. The molecular formula is C22H32O5. The van der Waals surface area contributed by atoms with Crippen molar-refractivity contribution in [2.24, 2.45) is 39.9 Å². The molecule has 4 unspecified atom stereocenters. The van der Waals surface area contributed by atoms with E-state index in [1.54, 1.807) is 0 Å². The van der Waals surface area contributed by atoms with Gasteiger partial charge < -0.3 is 14.2 Å². The Morgan fingerprint density at radius 3 is 2.59 bits per heavy atom. The zero-order valence-corrected chi connectivity index (χ0v) is 17.0. The lowest BCUT2D eigenvalue weighted by Crippen LogP contribution is -2.62. The molecule has 5 nitrogen and oxygen atoms in total. The molecule has 27 heavy (non-hydrogen) atoms. The molecule has 8 atom stereocenters. The van der Waals surface area contributed by atoms with Crippen LogP contribution in [0.4, 0.5) is 0 Å². The van der Waals surface area contributed by atoms with Crippen molar-refractivity contribution in [3.8, 4) is 0 Å². The number of carbonyl (C=O) groups excluding carboxylic acids is 2. The van der Waals surface area contributed by atoms with Crippen LogP contribution in [0.2, 0.25) is 0 Å². The van der Waals surface area contributed by atoms with Crippen molar-refractivity contribution in [3.05, 3.63) is 0 Å². The third-order valence-corrected chi connectivity index (χ3v) is 9.21. The molecular weight excluding hydrogens is 344 g/mol. The molecule has 0 aromatic heterocycles. The highest BCUT2D eigenvalue weighted by Crippen LogP contribution is 2.73. The van der Waals surface area contributed by atoms with Gasteiger partial charge in [-0.3, -0.25) is 9.59 Å². The quantitative estimate of drug-likeness (QED) is 0.646. The average molecular weight is 376 g/mol. The maximum Gasteiger partial charge on any atom is 0.311 e. The number of fused-ring (bicyclic) bond motifs is 2. The van der Waals surface area contributed by atoms with Crippen LogP contribution in [0.1, 0.15) is 72.6 Å². The van der Waals surface area contributed by atoms with Crippen LogP contribution in [0.3, 0.4) is 0 Å². The second kappa shape index (κ2) is 5.49. The molecule has 0 radical (unpaired) electrons. The van der Waals surface area contributed by atoms with E-state index in [1.165, 1.54) is 26.2 Å². The van der Waals surface area contributed by atoms with E-state index in [0.717, 1.165) is 25.7 Å². The summed E-state index contributed by atoms with van der Waals surface area (Å²) in [5, 5.41) is 0. The van der Waals surface area contributed by atoms with Gasteiger partial charge in [0.15, 0.2) is 0 Å². The van der Waals surface area contributed by atoms with E-state index in [-0.39, 0.29) is 34.6 Å². The fourth-order valence-electron chi connectivity index (χ4n) is 8.45. The highest BCUT2D eigenvalue weighted by molar-refractivity contribution is 5.76. The summed E-state index contributed by atoms with van der Waals surface area (Å²) >= 11 is 0. The molecule has 0 amide bonds. The Balaban J connectivity index is 1.61. The van der Waals surface area contributed by atoms with Crippen LogP contribution in [-0.4, -0.2) is 24.5 Å². The van der Waals surface area contributed by atoms with Crippen LogP contribution in [0, 0.1) is 39.9 Å². The van der Waals surface area contributed by atoms with E-state index in [1.807, 2.05) is 0 Å². The Hall–Kier alpha value is -1.10. The van der Waals surface area contributed by atoms with Crippen molar-refractivity contribution < 1.29 is 23.8 Å². The van der Waals surface area contributed by atoms with Crippen molar-refractivity contribution in [1.29, 1.82) is 0 Å². The fraction of sp³-hybridized carbons (Fsp3) is 0.909. The smallest absolute Gasteiger partial charge is 0.311 e. The van der Waals surface area contributed by atoms with E-state index >= 15 is 0 Å². The molecule has 5 aliphatic rings. The van der Waals surface area contributed by atoms with Gasteiger partial charge in [-0.25, -0.2) is 0 Å². The zero-order chi connectivity index (χ0) is 19.2. The molecule has 5 fully saturated rings. The topological polar surface area (TPSA) is 61.8 Å². The number of hydrogen-bond acceptors (Lipinski definition) is 5. The Bertz CT molecular complexity index is 686. The molecule has 0 aromatic carbocycles. The van der Waals surface area contributed by atoms with Gasteiger partial charge in [0.1, 0.15) is 0 Å². The second-order valence-corrected chi connectivity index (χ2v) is 10.7. The molecule has 1 spiro atoms. The molecule has 0 aromatic rings. The third-order valence-electron chi connectivity index (χ3n) is 9.21. The van der Waals surface area contributed by atoms with Crippen LogP contribution >= 0.6 is 0 Å². The molecule has 5 rings (SSSR count). The van der Waals surface area contributed by atoms with E-state index in [0.29, 0.717) is 17.3 Å². The number of carbonyl (C=O) groups is 2. The van der Waals surface area contributed by atoms with Gasteiger partial charge in [-0.15, -0.1) is 0 Å². The van der Waals surface area contributed by atoms with Crippen molar-refractivity contribution in [2.75, 3.05) is 0 Å². The maximum absolute atomic E-state index is 12.5. The van der Waals surface area contributed by atoms with Crippen LogP contribution in [-0.2, 0) is 23.8 Å². The summed E-state index contributed by atoms with van der Waals surface area (Å²) in [5.41, 5.74) is 0.264. The molecule has 2 saturated heterocycles. The highest BCUT2D eigenvalue weighted by atomic mass is 16.8. The van der Waals surface area contributed by atoms with E-state index in [9.17, 15) is 9.59 Å². The Morgan fingerprint density at radius 1 is 1.07 bits per heavy atom. The lowest BCUT2D eigenvalue weighted by atomic mass is 9.38. The molecule has 5 heteroatoms. The van der Waals surface area contributed by atoms with E-state index in [2.05, 4.69) is 20.8 Å². The number of hydrogen-bond donors (Lipinski definition) is 0. The monoisotopic (exact) mass is 376 g/mol. The van der Waals surface area contributed by atoms with Crippen molar-refractivity contribution in [2.45, 2.75) is 85.2 Å². The summed E-state index contributed by atoms with van der Waals surface area (Å²) in [6.45, 7) is 8.78. The van der Waals surface area contributed by atoms with Gasteiger partial charge in [0.05, 0.1) is 5.92 Å². The van der Waals surface area contributed by atoms with E-state index < -0.39 is 12.6 Å². The fourth-order valence-corrected chi connectivity index (χ4v) is 8.45. The van der Waals surface area contributed by atoms with Gasteiger partial charge in [0.2, 0.25) is 12.6 Å². The maximum atomic E-state index is 12.5. The molecule has 150 valence electrons.